The third-order valence-corrected chi connectivity index (χ3v) is 6.80. The van der Waals surface area contributed by atoms with Crippen LogP contribution in [-0.2, 0) is 14.4 Å². The van der Waals surface area contributed by atoms with Crippen LogP contribution in [0.15, 0.2) is 48.8 Å². The van der Waals surface area contributed by atoms with Gasteiger partial charge in [0.1, 0.15) is 11.6 Å². The lowest BCUT2D eigenvalue weighted by Crippen LogP contribution is -2.62. The quantitative estimate of drug-likeness (QED) is 0.545. The number of nitrogens with one attached hydrogen (secondary N) is 1. The van der Waals surface area contributed by atoms with E-state index in [1.165, 1.54) is 50.5 Å². The highest BCUT2D eigenvalue weighted by Gasteiger charge is 2.49. The van der Waals surface area contributed by atoms with Gasteiger partial charge in [0.2, 0.25) is 5.91 Å². The van der Waals surface area contributed by atoms with Crippen LogP contribution < -0.4 is 5.32 Å². The molecule has 11 nitrogen and oxygen atoms in total. The van der Waals surface area contributed by atoms with E-state index < -0.39 is 53.0 Å². The monoisotopic (exact) mass is 492 g/mol. The number of fused-ring (bicyclic) bond motifs is 1. The number of hydrogen-bond donors (Lipinski definition) is 2. The van der Waals surface area contributed by atoms with Crippen molar-refractivity contribution >= 4 is 35.5 Å². The Morgan fingerprint density at radius 3 is 2.31 bits per heavy atom. The van der Waals surface area contributed by atoms with Crippen molar-refractivity contribution in [2.24, 2.45) is 5.92 Å². The van der Waals surface area contributed by atoms with Crippen LogP contribution in [0.5, 0.6) is 0 Å². The summed E-state index contributed by atoms with van der Waals surface area (Å²) in [7, 11) is 0. The van der Waals surface area contributed by atoms with Crippen molar-refractivity contribution < 1.29 is 33.9 Å². The van der Waals surface area contributed by atoms with E-state index in [9.17, 15) is 33.9 Å². The number of benzene rings is 1. The van der Waals surface area contributed by atoms with Gasteiger partial charge in [0.15, 0.2) is 0 Å². The lowest BCUT2D eigenvalue weighted by molar-refractivity contribution is -0.155. The van der Waals surface area contributed by atoms with Gasteiger partial charge in [-0.3, -0.25) is 38.8 Å². The fourth-order valence-electron chi connectivity index (χ4n) is 4.39. The number of nitrogens with zero attached hydrogens (tertiary/aromatic N) is 3. The molecule has 5 amide bonds. The highest BCUT2D eigenvalue weighted by molar-refractivity contribution is 6.23. The van der Waals surface area contributed by atoms with E-state index in [0.717, 1.165) is 9.80 Å². The molecule has 2 aliphatic rings. The molecule has 3 heterocycles. The topological polar surface area (TPSA) is 154 Å². The molecule has 1 aromatic carbocycles. The molecule has 1 saturated heterocycles. The summed E-state index contributed by atoms with van der Waals surface area (Å²) in [6, 6.07) is 8.03. The fraction of sp³-hybridized carbons (Fsp3) is 0.320. The van der Waals surface area contributed by atoms with E-state index >= 15 is 0 Å². The second-order valence-electron chi connectivity index (χ2n) is 9.03. The number of carboxylic acid groups (broad SMARTS) is 1. The number of hydrogen-bond acceptors (Lipinski definition) is 7. The van der Waals surface area contributed by atoms with Crippen molar-refractivity contribution in [1.82, 2.24) is 20.1 Å². The summed E-state index contributed by atoms with van der Waals surface area (Å²) >= 11 is 0. The van der Waals surface area contributed by atoms with Crippen LogP contribution in [0.3, 0.4) is 0 Å². The first kappa shape index (κ1) is 24.7. The van der Waals surface area contributed by atoms with E-state index in [2.05, 4.69) is 10.3 Å². The Hall–Kier alpha value is -4.41. The predicted octanol–water partition coefficient (Wildman–Crippen LogP) is 1.10. The Labute approximate surface area is 206 Å². The first-order valence-electron chi connectivity index (χ1n) is 11.3. The summed E-state index contributed by atoms with van der Waals surface area (Å²) in [5.41, 5.74) is -1.34. The minimum atomic E-state index is -1.85. The van der Waals surface area contributed by atoms with E-state index in [-0.39, 0.29) is 36.1 Å². The number of pyridine rings is 1. The molecule has 3 atom stereocenters. The molecule has 0 spiro atoms. The fourth-order valence-corrected chi connectivity index (χ4v) is 4.39. The molecule has 1 aromatic heterocycles. The van der Waals surface area contributed by atoms with Gasteiger partial charge in [0.05, 0.1) is 16.7 Å². The first-order valence-corrected chi connectivity index (χ1v) is 11.3. The van der Waals surface area contributed by atoms with E-state index in [4.69, 9.17) is 0 Å². The van der Waals surface area contributed by atoms with Gasteiger partial charge in [0.25, 0.3) is 23.6 Å². The molecule has 36 heavy (non-hydrogen) atoms. The van der Waals surface area contributed by atoms with Crippen LogP contribution >= 0.6 is 0 Å². The zero-order chi connectivity index (χ0) is 26.2. The average molecular weight is 492 g/mol. The minimum absolute atomic E-state index is 0.0258. The molecule has 0 radical (unpaired) electrons. The summed E-state index contributed by atoms with van der Waals surface area (Å²) in [6.45, 7) is 2.44. The molecule has 11 heteroatoms. The number of carboxylic acids is 1. The van der Waals surface area contributed by atoms with Gasteiger partial charge in [-0.2, -0.15) is 0 Å². The molecule has 2 N–H and O–H groups in total. The molecule has 186 valence electrons. The number of amides is 5. The van der Waals surface area contributed by atoms with Crippen molar-refractivity contribution in [2.75, 3.05) is 6.54 Å². The summed E-state index contributed by atoms with van der Waals surface area (Å²) < 4.78 is 0. The van der Waals surface area contributed by atoms with Crippen LogP contribution in [-0.4, -0.2) is 73.5 Å². The largest absolute Gasteiger partial charge is 0.480 e. The average Bonchev–Trinajstić information content (AvgIpc) is 3.12. The summed E-state index contributed by atoms with van der Waals surface area (Å²) in [5, 5.41) is 12.4. The van der Waals surface area contributed by atoms with E-state index in [1.54, 1.807) is 12.1 Å². The van der Waals surface area contributed by atoms with Crippen molar-refractivity contribution in [3.8, 4) is 0 Å². The molecule has 1 fully saturated rings. The smallest absolute Gasteiger partial charge is 0.329 e. The highest BCUT2D eigenvalue weighted by Crippen LogP contribution is 2.30. The molecule has 2 aliphatic heterocycles. The van der Waals surface area contributed by atoms with Crippen molar-refractivity contribution in [2.45, 2.75) is 38.3 Å². The molecule has 2 unspecified atom stereocenters. The van der Waals surface area contributed by atoms with E-state index in [0.29, 0.717) is 0 Å². The molecule has 2 aromatic rings. The summed E-state index contributed by atoms with van der Waals surface area (Å²) in [5.74, 6) is -5.51. The number of aromatic nitrogens is 1. The van der Waals surface area contributed by atoms with Crippen molar-refractivity contribution in [3.05, 3.63) is 65.5 Å². The molecule has 4 rings (SSSR count). The van der Waals surface area contributed by atoms with E-state index in [1.807, 2.05) is 0 Å². The van der Waals surface area contributed by atoms with Gasteiger partial charge >= 0.3 is 5.97 Å². The number of imide groups is 2. The summed E-state index contributed by atoms with van der Waals surface area (Å²) in [6.07, 6.45) is 2.62. The number of carbonyl (C=O) groups is 6. The predicted molar refractivity (Wildman–Crippen MR) is 124 cm³/mol. The van der Waals surface area contributed by atoms with Gasteiger partial charge < -0.3 is 10.4 Å². The first-order chi connectivity index (χ1) is 17.1. The van der Waals surface area contributed by atoms with Crippen LogP contribution in [0.25, 0.3) is 0 Å². The molecule has 0 saturated carbocycles. The Balaban J connectivity index is 1.55. The van der Waals surface area contributed by atoms with Gasteiger partial charge in [-0.25, -0.2) is 4.79 Å². The lowest BCUT2D eigenvalue weighted by atomic mass is 9.85. The van der Waals surface area contributed by atoms with Gasteiger partial charge in [-0.15, -0.1) is 0 Å². The Bertz CT molecular complexity index is 1240. The molecular formula is C25H24N4O7. The van der Waals surface area contributed by atoms with Crippen molar-refractivity contribution in [3.63, 3.8) is 0 Å². The molecule has 0 bridgehead atoms. The maximum atomic E-state index is 13.4. The normalized spacial score (nSPS) is 20.1. The molecule has 0 aliphatic carbocycles. The minimum Gasteiger partial charge on any atom is -0.480 e. The van der Waals surface area contributed by atoms with Gasteiger partial charge in [-0.1, -0.05) is 19.1 Å². The Morgan fingerprint density at radius 2 is 1.75 bits per heavy atom. The molecular weight excluding hydrogens is 468 g/mol. The van der Waals surface area contributed by atoms with Crippen molar-refractivity contribution in [1.29, 1.82) is 0 Å². The zero-order valence-electron chi connectivity index (χ0n) is 19.6. The third-order valence-electron chi connectivity index (χ3n) is 6.80. The number of piperidine rings is 1. The second-order valence-corrected chi connectivity index (χ2v) is 9.03. The maximum Gasteiger partial charge on any atom is 0.329 e. The Morgan fingerprint density at radius 1 is 1.11 bits per heavy atom. The van der Waals surface area contributed by atoms with Crippen LogP contribution in [0.2, 0.25) is 0 Å². The van der Waals surface area contributed by atoms with Gasteiger partial charge in [0, 0.05) is 31.3 Å². The number of rotatable bonds is 7. The zero-order valence-corrected chi connectivity index (χ0v) is 19.6. The third kappa shape index (κ3) is 4.12. The second kappa shape index (κ2) is 9.33. The Kier molecular flexibility index (Phi) is 6.40. The standard InChI is InChI=1S/C25H24N4O7/c1-14(25(2,24(35)36)27-20(31)15-6-5-11-26-12-15)13-28-19(30)10-9-18(23(28)34)29-21(32)16-7-3-4-8-17(16)22(29)33/h3-8,11-12,14,18H,9-10,13H2,1-2H3,(H,27,31)(H,35,36)/t14?,18?,25-/m0/s1. The van der Waals surface area contributed by atoms with Crippen LogP contribution in [0, 0.1) is 5.92 Å². The lowest BCUT2D eigenvalue weighted by Gasteiger charge is -2.39. The number of aliphatic carboxylic acids is 1. The van der Waals surface area contributed by atoms with Gasteiger partial charge in [-0.05, 0) is 37.6 Å². The van der Waals surface area contributed by atoms with Crippen LogP contribution in [0.1, 0.15) is 57.8 Å². The number of likely N-dealkylation sites (tertiary alicyclic amines) is 1. The summed E-state index contributed by atoms with van der Waals surface area (Å²) in [4.78, 5) is 82.3. The number of carbonyl (C=O) groups excluding carboxylic acids is 5. The maximum absolute atomic E-state index is 13.4. The van der Waals surface area contributed by atoms with Crippen LogP contribution in [0.4, 0.5) is 0 Å². The SMILES string of the molecule is CC(CN1C(=O)CCC(N2C(=O)c3ccccc3C2=O)C1=O)[C@](C)(NC(=O)c1cccnc1)C(=O)O. The highest BCUT2D eigenvalue weighted by atomic mass is 16.4.